The summed E-state index contributed by atoms with van der Waals surface area (Å²) in [5, 5.41) is 0.804. The number of ether oxygens (including phenoxy) is 2. The number of hydrogen-bond acceptors (Lipinski definition) is 5. The van der Waals surface area contributed by atoms with E-state index in [9.17, 15) is 18.0 Å². The summed E-state index contributed by atoms with van der Waals surface area (Å²) < 4.78 is 49.9. The van der Waals surface area contributed by atoms with E-state index in [1.807, 2.05) is 0 Å². The summed E-state index contributed by atoms with van der Waals surface area (Å²) in [6.45, 7) is 0.878. The summed E-state index contributed by atoms with van der Waals surface area (Å²) in [4.78, 5) is 19.1. The largest absolute Gasteiger partial charge is 0.491 e. The van der Waals surface area contributed by atoms with Crippen molar-refractivity contribution in [2.75, 3.05) is 19.4 Å². The Morgan fingerprint density at radius 1 is 1.16 bits per heavy atom. The van der Waals surface area contributed by atoms with Gasteiger partial charge in [-0.25, -0.2) is 4.98 Å². The number of nitrogens with zero attached hydrogens (tertiary/aromatic N) is 2. The van der Waals surface area contributed by atoms with Crippen LogP contribution in [0.1, 0.15) is 38.7 Å². The van der Waals surface area contributed by atoms with Crippen molar-refractivity contribution in [1.82, 2.24) is 9.88 Å². The molecule has 2 aliphatic heterocycles. The van der Waals surface area contributed by atoms with Gasteiger partial charge in [0.15, 0.2) is 0 Å². The lowest BCUT2D eigenvalue weighted by molar-refractivity contribution is -0.137. The Kier molecular flexibility index (Phi) is 4.33. The van der Waals surface area contributed by atoms with E-state index in [0.29, 0.717) is 35.7 Å². The van der Waals surface area contributed by atoms with E-state index in [1.165, 1.54) is 11.0 Å². The van der Waals surface area contributed by atoms with E-state index in [1.54, 1.807) is 25.2 Å². The molecule has 0 fully saturated rings. The minimum absolute atomic E-state index is 0.0911. The zero-order valence-electron chi connectivity index (χ0n) is 16.5. The first-order chi connectivity index (χ1) is 14.7. The van der Waals surface area contributed by atoms with Gasteiger partial charge in [0.25, 0.3) is 5.91 Å². The van der Waals surface area contributed by atoms with Crippen LogP contribution in [-0.4, -0.2) is 29.4 Å². The Balaban J connectivity index is 1.47. The molecular weight excluding hydrogens is 411 g/mol. The highest BCUT2D eigenvalue weighted by Crippen LogP contribution is 2.40. The molecule has 2 aliphatic rings. The number of aromatic nitrogens is 1. The van der Waals surface area contributed by atoms with E-state index < -0.39 is 17.8 Å². The molecular formula is C22H18F3N3O3. The van der Waals surface area contributed by atoms with Crippen LogP contribution in [0.2, 0.25) is 0 Å². The number of nitrogen functional groups attached to an aromatic ring is 1. The van der Waals surface area contributed by atoms with Crippen LogP contribution in [0.15, 0.2) is 36.4 Å². The second-order valence-corrected chi connectivity index (χ2v) is 7.67. The summed E-state index contributed by atoms with van der Waals surface area (Å²) in [5.74, 6) is 0.300. The molecule has 3 aromatic rings. The number of likely N-dealkylation sites (N-methyl/N-ethyl adjacent to an activating group) is 1. The third-order valence-electron chi connectivity index (χ3n) is 5.86. The Morgan fingerprint density at radius 3 is 2.71 bits per heavy atom. The molecule has 1 atom stereocenters. The van der Waals surface area contributed by atoms with Gasteiger partial charge < -0.3 is 20.1 Å². The number of rotatable bonds is 2. The maximum atomic E-state index is 13.2. The van der Waals surface area contributed by atoms with Crippen LogP contribution in [0, 0.1) is 0 Å². The highest BCUT2D eigenvalue weighted by atomic mass is 19.4. The third-order valence-corrected chi connectivity index (χ3v) is 5.86. The lowest BCUT2D eigenvalue weighted by Crippen LogP contribution is -2.32. The molecule has 0 bridgehead atoms. The standard InChI is InChI=1S/C22H18F3N3O3/c1-28(18-10-31-19-7-12(22(23,24)25)3-4-13(18)19)21(29)11-2-5-17-14(6-11)15-8-30-9-16(15)20(26)27-17/h2-7,18H,8-10H2,1H3,(H2,26,27)/t18-/m0/s1. The van der Waals surface area contributed by atoms with Gasteiger partial charge in [-0.2, -0.15) is 13.2 Å². The van der Waals surface area contributed by atoms with E-state index >= 15 is 0 Å². The summed E-state index contributed by atoms with van der Waals surface area (Å²) in [6.07, 6.45) is -4.45. The number of benzene rings is 2. The second kappa shape index (κ2) is 6.84. The zero-order valence-corrected chi connectivity index (χ0v) is 16.5. The van der Waals surface area contributed by atoms with E-state index in [0.717, 1.165) is 28.6 Å². The van der Waals surface area contributed by atoms with Crippen LogP contribution in [-0.2, 0) is 24.1 Å². The number of nitrogens with two attached hydrogens (primary N) is 1. The highest BCUT2D eigenvalue weighted by Gasteiger charge is 2.36. The van der Waals surface area contributed by atoms with Gasteiger partial charge in [0.1, 0.15) is 18.2 Å². The van der Waals surface area contributed by atoms with Gasteiger partial charge in [0.2, 0.25) is 0 Å². The van der Waals surface area contributed by atoms with Gasteiger partial charge in [-0.1, -0.05) is 6.07 Å². The molecule has 1 aromatic heterocycles. The number of pyridine rings is 1. The molecule has 0 radical (unpaired) electrons. The monoisotopic (exact) mass is 429 g/mol. The number of halogens is 3. The van der Waals surface area contributed by atoms with E-state index in [4.69, 9.17) is 15.2 Å². The van der Waals surface area contributed by atoms with Crippen molar-refractivity contribution in [2.24, 2.45) is 0 Å². The minimum atomic E-state index is -4.45. The highest BCUT2D eigenvalue weighted by molar-refractivity contribution is 5.99. The van der Waals surface area contributed by atoms with Crippen molar-refractivity contribution in [3.8, 4) is 5.75 Å². The number of anilines is 1. The Morgan fingerprint density at radius 2 is 1.94 bits per heavy atom. The summed E-state index contributed by atoms with van der Waals surface area (Å²) in [6, 6.07) is 8.03. The molecule has 3 heterocycles. The number of amides is 1. The van der Waals surface area contributed by atoms with Gasteiger partial charge in [-0.3, -0.25) is 4.79 Å². The van der Waals surface area contributed by atoms with Crippen LogP contribution in [0.25, 0.3) is 10.9 Å². The van der Waals surface area contributed by atoms with Crippen molar-refractivity contribution in [3.63, 3.8) is 0 Å². The fourth-order valence-corrected chi connectivity index (χ4v) is 4.14. The number of hydrogen-bond donors (Lipinski definition) is 1. The average Bonchev–Trinajstić information content (AvgIpc) is 3.39. The molecule has 0 saturated heterocycles. The van der Waals surface area contributed by atoms with E-state index in [2.05, 4.69) is 4.98 Å². The van der Waals surface area contributed by atoms with Crippen LogP contribution in [0.3, 0.4) is 0 Å². The van der Waals surface area contributed by atoms with Gasteiger partial charge >= 0.3 is 6.18 Å². The number of alkyl halides is 3. The molecule has 160 valence electrons. The maximum absolute atomic E-state index is 13.2. The molecule has 6 nitrogen and oxygen atoms in total. The lowest BCUT2D eigenvalue weighted by Gasteiger charge is -2.24. The fraction of sp³-hybridized carbons (Fsp3) is 0.273. The second-order valence-electron chi connectivity index (χ2n) is 7.67. The Labute approximate surface area is 175 Å². The molecule has 1 amide bonds. The van der Waals surface area contributed by atoms with Crippen LogP contribution < -0.4 is 10.5 Å². The van der Waals surface area contributed by atoms with Crippen molar-refractivity contribution < 1.29 is 27.4 Å². The Hall–Kier alpha value is -3.33. The summed E-state index contributed by atoms with van der Waals surface area (Å²) in [5.41, 5.74) is 8.65. The Bertz CT molecular complexity index is 1230. The summed E-state index contributed by atoms with van der Waals surface area (Å²) in [7, 11) is 1.61. The SMILES string of the molecule is CN(C(=O)c1ccc2nc(N)c3c(c2c1)COC3)[C@H]1COc2cc(C(F)(F)F)ccc21. The van der Waals surface area contributed by atoms with Gasteiger partial charge in [0, 0.05) is 29.1 Å². The van der Waals surface area contributed by atoms with Gasteiger partial charge in [-0.15, -0.1) is 0 Å². The maximum Gasteiger partial charge on any atom is 0.416 e. The van der Waals surface area contributed by atoms with Crippen LogP contribution in [0.4, 0.5) is 19.0 Å². The van der Waals surface area contributed by atoms with Crippen molar-refractivity contribution in [3.05, 3.63) is 64.2 Å². The fourth-order valence-electron chi connectivity index (χ4n) is 4.14. The molecule has 0 unspecified atom stereocenters. The van der Waals surface area contributed by atoms with Gasteiger partial charge in [0.05, 0.1) is 30.3 Å². The molecule has 5 rings (SSSR count). The number of carbonyl (C=O) groups is 1. The quantitative estimate of drug-likeness (QED) is 0.665. The zero-order chi connectivity index (χ0) is 21.9. The van der Waals surface area contributed by atoms with Crippen molar-refractivity contribution in [2.45, 2.75) is 25.4 Å². The molecule has 0 saturated carbocycles. The smallest absolute Gasteiger partial charge is 0.416 e. The lowest BCUT2D eigenvalue weighted by atomic mass is 10.0. The molecule has 31 heavy (non-hydrogen) atoms. The first-order valence-electron chi connectivity index (χ1n) is 9.64. The molecule has 0 spiro atoms. The number of carbonyl (C=O) groups excluding carboxylic acids is 1. The van der Waals surface area contributed by atoms with Crippen LogP contribution in [0.5, 0.6) is 5.75 Å². The van der Waals surface area contributed by atoms with Gasteiger partial charge in [-0.05, 0) is 35.9 Å². The predicted molar refractivity (Wildman–Crippen MR) is 106 cm³/mol. The van der Waals surface area contributed by atoms with E-state index in [-0.39, 0.29) is 18.3 Å². The summed E-state index contributed by atoms with van der Waals surface area (Å²) >= 11 is 0. The number of fused-ring (bicyclic) bond motifs is 4. The molecule has 9 heteroatoms. The first-order valence-corrected chi connectivity index (χ1v) is 9.64. The topological polar surface area (TPSA) is 77.7 Å². The molecule has 0 aliphatic carbocycles. The van der Waals surface area contributed by atoms with Crippen molar-refractivity contribution in [1.29, 1.82) is 0 Å². The first kappa shape index (κ1) is 19.6. The normalized spacial score (nSPS) is 17.4. The third kappa shape index (κ3) is 3.16. The molecule has 2 N–H and O–H groups in total. The minimum Gasteiger partial charge on any atom is -0.491 e. The predicted octanol–water partition coefficient (Wildman–Crippen LogP) is 4.07. The van der Waals surface area contributed by atoms with Crippen molar-refractivity contribution >= 4 is 22.6 Å². The van der Waals surface area contributed by atoms with Crippen LogP contribution >= 0.6 is 0 Å². The average molecular weight is 429 g/mol. The molecule has 2 aromatic carbocycles.